The highest BCUT2D eigenvalue weighted by atomic mass is 35.5. The molecule has 1 saturated heterocycles. The van der Waals surface area contributed by atoms with E-state index >= 15 is 0 Å². The predicted molar refractivity (Wildman–Crippen MR) is 152 cm³/mol. The maximum absolute atomic E-state index is 14.4. The molecule has 3 aliphatic rings. The van der Waals surface area contributed by atoms with E-state index in [0.29, 0.717) is 48.0 Å². The Morgan fingerprint density at radius 1 is 1.03 bits per heavy atom. The van der Waals surface area contributed by atoms with Gasteiger partial charge in [-0.1, -0.05) is 43.0 Å². The lowest BCUT2D eigenvalue weighted by Crippen LogP contribution is -2.53. The first kappa shape index (κ1) is 26.8. The van der Waals surface area contributed by atoms with Gasteiger partial charge in [-0.3, -0.25) is 9.89 Å². The van der Waals surface area contributed by atoms with Crippen LogP contribution in [0.5, 0.6) is 11.5 Å². The molecule has 5 rings (SSSR count). The van der Waals surface area contributed by atoms with Crippen LogP contribution in [-0.4, -0.2) is 79.6 Å². The number of hydrogen-bond donors (Lipinski definition) is 0. The summed E-state index contributed by atoms with van der Waals surface area (Å²) >= 11 is 6.30. The van der Waals surface area contributed by atoms with Crippen molar-refractivity contribution in [2.24, 2.45) is 10.9 Å². The lowest BCUT2D eigenvalue weighted by atomic mass is 9.80. The van der Waals surface area contributed by atoms with Crippen LogP contribution in [0.2, 0.25) is 5.02 Å². The summed E-state index contributed by atoms with van der Waals surface area (Å²) in [6, 6.07) is 13.5. The number of rotatable bonds is 6. The zero-order valence-electron chi connectivity index (χ0n) is 22.7. The molecule has 2 fully saturated rings. The molecule has 38 heavy (non-hydrogen) atoms. The third-order valence-corrected chi connectivity index (χ3v) is 8.41. The summed E-state index contributed by atoms with van der Waals surface area (Å²) in [5.74, 6) is 2.50. The minimum absolute atomic E-state index is 0.00776. The minimum atomic E-state index is -0.200. The second-order valence-electron chi connectivity index (χ2n) is 10.6. The predicted octanol–water partition coefficient (Wildman–Crippen LogP) is 5.87. The number of amides is 2. The standard InChI is InChI=1S/C30H39ClN4O3/c1-4-38-26-20-24(37-3)14-15-25(26)29-32-27(21-8-6-5-7-9-21)28(22-10-12-23(31)13-11-22)35(29)30(36)34-18-16-33(2)17-19-34/h10-15,20-21,27-28H,4-9,16-19H2,1-3H3/t27-,28+/m1/s1. The Morgan fingerprint density at radius 3 is 2.39 bits per heavy atom. The van der Waals surface area contributed by atoms with E-state index < -0.39 is 0 Å². The fourth-order valence-corrected chi connectivity index (χ4v) is 6.18. The van der Waals surface area contributed by atoms with Gasteiger partial charge in [-0.05, 0) is 62.6 Å². The number of piperazine rings is 1. The van der Waals surface area contributed by atoms with Gasteiger partial charge in [0.1, 0.15) is 17.3 Å². The van der Waals surface area contributed by atoms with Crippen LogP contribution in [-0.2, 0) is 0 Å². The molecule has 1 saturated carbocycles. The molecule has 2 atom stereocenters. The van der Waals surface area contributed by atoms with Crippen molar-refractivity contribution in [2.45, 2.75) is 51.1 Å². The fraction of sp³-hybridized carbons (Fsp3) is 0.533. The van der Waals surface area contributed by atoms with Crippen molar-refractivity contribution in [3.8, 4) is 11.5 Å². The molecular weight excluding hydrogens is 500 g/mol. The van der Waals surface area contributed by atoms with Gasteiger partial charge < -0.3 is 19.3 Å². The van der Waals surface area contributed by atoms with Gasteiger partial charge in [0.05, 0.1) is 31.4 Å². The summed E-state index contributed by atoms with van der Waals surface area (Å²) in [5.41, 5.74) is 1.89. The number of aliphatic imine (C=N–C) groups is 1. The van der Waals surface area contributed by atoms with Crippen molar-refractivity contribution >= 4 is 23.5 Å². The van der Waals surface area contributed by atoms with Gasteiger partial charge in [0.15, 0.2) is 0 Å². The van der Waals surface area contributed by atoms with Crippen LogP contribution in [0.4, 0.5) is 4.79 Å². The highest BCUT2D eigenvalue weighted by molar-refractivity contribution is 6.30. The first-order valence-electron chi connectivity index (χ1n) is 13.9. The molecule has 7 nitrogen and oxygen atoms in total. The molecule has 0 N–H and O–H groups in total. The number of carbonyl (C=O) groups is 1. The van der Waals surface area contributed by atoms with Crippen molar-refractivity contribution in [1.82, 2.24) is 14.7 Å². The number of urea groups is 1. The fourth-order valence-electron chi connectivity index (χ4n) is 6.05. The van der Waals surface area contributed by atoms with Gasteiger partial charge in [-0.25, -0.2) is 4.79 Å². The highest BCUT2D eigenvalue weighted by Gasteiger charge is 2.46. The maximum atomic E-state index is 14.4. The Balaban J connectivity index is 1.63. The number of likely N-dealkylation sites (N-methyl/N-ethyl adjacent to an activating group) is 1. The second-order valence-corrected chi connectivity index (χ2v) is 11.0. The summed E-state index contributed by atoms with van der Waals surface area (Å²) in [6.45, 7) is 5.58. The topological polar surface area (TPSA) is 57.6 Å². The molecule has 2 amide bonds. The molecule has 2 aromatic carbocycles. The van der Waals surface area contributed by atoms with Crippen molar-refractivity contribution in [3.63, 3.8) is 0 Å². The molecule has 0 aromatic heterocycles. The Labute approximate surface area is 231 Å². The highest BCUT2D eigenvalue weighted by Crippen LogP contribution is 2.44. The van der Waals surface area contributed by atoms with E-state index in [0.717, 1.165) is 37.1 Å². The van der Waals surface area contributed by atoms with Crippen molar-refractivity contribution in [3.05, 3.63) is 58.6 Å². The molecule has 0 spiro atoms. The number of halogens is 1. The number of amidine groups is 1. The van der Waals surface area contributed by atoms with Crippen LogP contribution in [0.15, 0.2) is 47.5 Å². The summed E-state index contributed by atoms with van der Waals surface area (Å²) in [6.07, 6.45) is 5.94. The number of methoxy groups -OCH3 is 1. The summed E-state index contributed by atoms with van der Waals surface area (Å²) < 4.78 is 11.6. The average Bonchev–Trinajstić information content (AvgIpc) is 3.34. The SMILES string of the molecule is CCOc1cc(OC)ccc1C1=N[C@H](C2CCCCC2)[C@H](c2ccc(Cl)cc2)N1C(=O)N1CCN(C)CC1. The molecular formula is C30H39ClN4O3. The Bertz CT molecular complexity index is 1140. The first-order valence-corrected chi connectivity index (χ1v) is 14.3. The number of carbonyl (C=O) groups excluding carboxylic acids is 1. The summed E-state index contributed by atoms with van der Waals surface area (Å²) in [5, 5.41) is 0.688. The van der Waals surface area contributed by atoms with E-state index in [1.54, 1.807) is 7.11 Å². The smallest absolute Gasteiger partial charge is 0.326 e. The van der Waals surface area contributed by atoms with Gasteiger partial charge in [0.2, 0.25) is 0 Å². The maximum Gasteiger partial charge on any atom is 0.326 e. The zero-order valence-corrected chi connectivity index (χ0v) is 23.5. The van der Waals surface area contributed by atoms with Crippen LogP contribution in [0.25, 0.3) is 0 Å². The average molecular weight is 539 g/mol. The first-order chi connectivity index (χ1) is 18.5. The Morgan fingerprint density at radius 2 is 1.74 bits per heavy atom. The molecule has 204 valence electrons. The number of nitrogens with zero attached hydrogens (tertiary/aromatic N) is 4. The molecule has 2 aliphatic heterocycles. The van der Waals surface area contributed by atoms with Crippen molar-refractivity contribution < 1.29 is 14.3 Å². The monoisotopic (exact) mass is 538 g/mol. The molecule has 1 aliphatic carbocycles. The molecule has 8 heteroatoms. The largest absolute Gasteiger partial charge is 0.497 e. The van der Waals surface area contributed by atoms with E-state index in [-0.39, 0.29) is 18.1 Å². The van der Waals surface area contributed by atoms with Crippen LogP contribution in [0.1, 0.15) is 56.2 Å². The van der Waals surface area contributed by atoms with Gasteiger partial charge in [0.25, 0.3) is 0 Å². The van der Waals surface area contributed by atoms with Crippen molar-refractivity contribution in [1.29, 1.82) is 0 Å². The van der Waals surface area contributed by atoms with E-state index in [2.05, 4.69) is 24.1 Å². The Hall–Kier alpha value is -2.77. The van der Waals surface area contributed by atoms with Crippen LogP contribution < -0.4 is 9.47 Å². The van der Waals surface area contributed by atoms with Gasteiger partial charge in [-0.15, -0.1) is 0 Å². The lowest BCUT2D eigenvalue weighted by molar-refractivity contribution is 0.125. The van der Waals surface area contributed by atoms with Gasteiger partial charge in [-0.2, -0.15) is 0 Å². The van der Waals surface area contributed by atoms with E-state index in [1.807, 2.05) is 47.1 Å². The Kier molecular flexibility index (Phi) is 8.44. The van der Waals surface area contributed by atoms with E-state index in [1.165, 1.54) is 19.3 Å². The second kappa shape index (κ2) is 12.0. The van der Waals surface area contributed by atoms with Gasteiger partial charge >= 0.3 is 6.03 Å². The summed E-state index contributed by atoms with van der Waals surface area (Å²) in [4.78, 5) is 26.0. The summed E-state index contributed by atoms with van der Waals surface area (Å²) in [7, 11) is 3.75. The van der Waals surface area contributed by atoms with Crippen molar-refractivity contribution in [2.75, 3.05) is 46.9 Å². The molecule has 0 unspecified atom stereocenters. The molecule has 2 aromatic rings. The molecule has 0 radical (unpaired) electrons. The molecule has 0 bridgehead atoms. The third-order valence-electron chi connectivity index (χ3n) is 8.15. The van der Waals surface area contributed by atoms with Crippen LogP contribution in [0, 0.1) is 5.92 Å². The minimum Gasteiger partial charge on any atom is -0.497 e. The number of ether oxygens (including phenoxy) is 2. The van der Waals surface area contributed by atoms with E-state index in [4.69, 9.17) is 26.1 Å². The van der Waals surface area contributed by atoms with E-state index in [9.17, 15) is 4.79 Å². The van der Waals surface area contributed by atoms with Gasteiger partial charge in [0, 0.05) is 37.3 Å². The third kappa shape index (κ3) is 5.50. The number of hydrogen-bond acceptors (Lipinski definition) is 5. The van der Waals surface area contributed by atoms with Crippen LogP contribution in [0.3, 0.4) is 0 Å². The van der Waals surface area contributed by atoms with Crippen LogP contribution >= 0.6 is 11.6 Å². The lowest BCUT2D eigenvalue weighted by Gasteiger charge is -2.39. The quantitative estimate of drug-likeness (QED) is 0.462. The zero-order chi connectivity index (χ0) is 26.6. The number of benzene rings is 2. The molecule has 2 heterocycles. The normalized spacial score (nSPS) is 22.9.